The van der Waals surface area contributed by atoms with E-state index >= 15 is 0 Å². The monoisotopic (exact) mass is 323 g/mol. The molecule has 0 fully saturated rings. The number of aliphatic hydroxyl groups excluding tert-OH is 1. The van der Waals surface area contributed by atoms with E-state index in [0.29, 0.717) is 12.1 Å². The third kappa shape index (κ3) is 3.78. The van der Waals surface area contributed by atoms with Crippen LogP contribution in [0.2, 0.25) is 0 Å². The second-order valence-electron chi connectivity index (χ2n) is 4.41. The fourth-order valence-corrected chi connectivity index (χ4v) is 2.18. The third-order valence-electron chi connectivity index (χ3n) is 2.92. The van der Waals surface area contributed by atoms with Crippen molar-refractivity contribution in [2.45, 2.75) is 13.0 Å². The van der Waals surface area contributed by atoms with E-state index in [0.717, 1.165) is 15.7 Å². The zero-order valence-corrected chi connectivity index (χ0v) is 12.1. The predicted molar refractivity (Wildman–Crippen MR) is 78.7 cm³/mol. The number of hydrogen-bond acceptors (Lipinski definition) is 2. The summed E-state index contributed by atoms with van der Waals surface area (Å²) in [5, 5.41) is 13.2. The largest absolute Gasteiger partial charge is 0.387 e. The number of hydrogen-bond donors (Lipinski definition) is 2. The molecule has 0 aliphatic carbocycles. The number of halogens is 2. The molecule has 0 aliphatic heterocycles. The molecule has 0 spiro atoms. The maximum Gasteiger partial charge on any atom is 0.123 e. The summed E-state index contributed by atoms with van der Waals surface area (Å²) < 4.78 is 14.0. The fourth-order valence-electron chi connectivity index (χ4n) is 1.82. The second-order valence-corrected chi connectivity index (χ2v) is 5.33. The highest BCUT2D eigenvalue weighted by molar-refractivity contribution is 9.10. The minimum atomic E-state index is -0.742. The van der Waals surface area contributed by atoms with Crippen molar-refractivity contribution in [3.8, 4) is 0 Å². The second kappa shape index (κ2) is 6.17. The molecule has 0 saturated carbocycles. The molecule has 4 heteroatoms. The Labute approximate surface area is 120 Å². The number of aliphatic hydroxyl groups is 1. The average molecular weight is 324 g/mol. The van der Waals surface area contributed by atoms with Gasteiger partial charge in [-0.15, -0.1) is 0 Å². The zero-order valence-electron chi connectivity index (χ0n) is 10.5. The lowest BCUT2D eigenvalue weighted by Gasteiger charge is -2.15. The molecule has 2 aromatic carbocycles. The molecule has 100 valence electrons. The van der Waals surface area contributed by atoms with E-state index in [2.05, 4.69) is 21.2 Å². The summed E-state index contributed by atoms with van der Waals surface area (Å²) >= 11 is 3.41. The molecule has 1 atom stereocenters. The standard InChI is InChI=1S/C15H15BrFNO/c1-10-5-6-12(16)8-14(10)18-9-15(19)11-3-2-4-13(17)7-11/h2-8,15,18-19H,9H2,1H3. The van der Waals surface area contributed by atoms with E-state index in [1.54, 1.807) is 12.1 Å². The number of benzene rings is 2. The topological polar surface area (TPSA) is 32.3 Å². The quantitative estimate of drug-likeness (QED) is 0.889. The van der Waals surface area contributed by atoms with Crippen LogP contribution in [-0.4, -0.2) is 11.7 Å². The molecule has 1 unspecified atom stereocenters. The van der Waals surface area contributed by atoms with Crippen LogP contribution in [0, 0.1) is 12.7 Å². The van der Waals surface area contributed by atoms with Gasteiger partial charge in [-0.05, 0) is 42.3 Å². The van der Waals surface area contributed by atoms with Crippen molar-refractivity contribution in [3.05, 3.63) is 63.9 Å². The van der Waals surface area contributed by atoms with Crippen LogP contribution in [0.5, 0.6) is 0 Å². The van der Waals surface area contributed by atoms with Gasteiger partial charge in [0.05, 0.1) is 6.10 Å². The molecule has 0 aliphatic rings. The Kier molecular flexibility index (Phi) is 4.56. The van der Waals surface area contributed by atoms with Crippen LogP contribution in [0.3, 0.4) is 0 Å². The van der Waals surface area contributed by atoms with Gasteiger partial charge in [-0.2, -0.15) is 0 Å². The first-order chi connectivity index (χ1) is 9.06. The molecular weight excluding hydrogens is 309 g/mol. The lowest BCUT2D eigenvalue weighted by atomic mass is 10.1. The molecule has 2 rings (SSSR count). The van der Waals surface area contributed by atoms with E-state index in [9.17, 15) is 9.50 Å². The molecule has 19 heavy (non-hydrogen) atoms. The van der Waals surface area contributed by atoms with Gasteiger partial charge in [-0.1, -0.05) is 34.1 Å². The van der Waals surface area contributed by atoms with Gasteiger partial charge in [0.25, 0.3) is 0 Å². The molecule has 0 aromatic heterocycles. The van der Waals surface area contributed by atoms with Crippen LogP contribution in [0.15, 0.2) is 46.9 Å². The van der Waals surface area contributed by atoms with Crippen molar-refractivity contribution >= 4 is 21.6 Å². The Morgan fingerprint density at radius 3 is 2.79 bits per heavy atom. The first kappa shape index (κ1) is 14.0. The minimum Gasteiger partial charge on any atom is -0.387 e. The number of aryl methyl sites for hydroxylation is 1. The molecule has 0 amide bonds. The minimum absolute atomic E-state index is 0.334. The normalized spacial score (nSPS) is 12.2. The van der Waals surface area contributed by atoms with Crippen LogP contribution < -0.4 is 5.32 Å². The molecule has 0 saturated heterocycles. The highest BCUT2D eigenvalue weighted by Gasteiger charge is 2.09. The van der Waals surface area contributed by atoms with Crippen molar-refractivity contribution in [3.63, 3.8) is 0 Å². The van der Waals surface area contributed by atoms with Crippen molar-refractivity contribution < 1.29 is 9.50 Å². The highest BCUT2D eigenvalue weighted by Crippen LogP contribution is 2.22. The Hall–Kier alpha value is -1.39. The smallest absolute Gasteiger partial charge is 0.123 e. The van der Waals surface area contributed by atoms with E-state index in [4.69, 9.17) is 0 Å². The van der Waals surface area contributed by atoms with Gasteiger partial charge >= 0.3 is 0 Å². The molecule has 2 nitrogen and oxygen atoms in total. The lowest BCUT2D eigenvalue weighted by Crippen LogP contribution is -2.13. The van der Waals surface area contributed by atoms with Gasteiger partial charge in [0.2, 0.25) is 0 Å². The van der Waals surface area contributed by atoms with Crippen LogP contribution in [0.1, 0.15) is 17.2 Å². The van der Waals surface area contributed by atoms with Crippen LogP contribution in [-0.2, 0) is 0 Å². The molecule has 0 bridgehead atoms. The number of nitrogens with one attached hydrogen (secondary N) is 1. The molecule has 2 N–H and O–H groups in total. The fraction of sp³-hybridized carbons (Fsp3) is 0.200. The van der Waals surface area contributed by atoms with E-state index in [1.165, 1.54) is 12.1 Å². The summed E-state index contributed by atoms with van der Waals surface area (Å²) in [6.07, 6.45) is -0.742. The maximum atomic E-state index is 13.1. The highest BCUT2D eigenvalue weighted by atomic mass is 79.9. The maximum absolute atomic E-state index is 13.1. The van der Waals surface area contributed by atoms with Crippen LogP contribution >= 0.6 is 15.9 Å². The number of rotatable bonds is 4. The molecule has 0 radical (unpaired) electrons. The molecule has 2 aromatic rings. The first-order valence-electron chi connectivity index (χ1n) is 6.00. The Bertz CT molecular complexity index is 574. The zero-order chi connectivity index (χ0) is 13.8. The van der Waals surface area contributed by atoms with E-state index < -0.39 is 6.10 Å². The SMILES string of the molecule is Cc1ccc(Br)cc1NCC(O)c1cccc(F)c1. The number of anilines is 1. The van der Waals surface area contributed by atoms with Gasteiger partial charge in [-0.25, -0.2) is 4.39 Å². The summed E-state index contributed by atoms with van der Waals surface area (Å²) in [5.74, 6) is -0.338. The van der Waals surface area contributed by atoms with Gasteiger partial charge in [0.15, 0.2) is 0 Å². The van der Waals surface area contributed by atoms with Crippen molar-refractivity contribution in [1.29, 1.82) is 0 Å². The lowest BCUT2D eigenvalue weighted by molar-refractivity contribution is 0.191. The first-order valence-corrected chi connectivity index (χ1v) is 6.79. The van der Waals surface area contributed by atoms with Crippen LogP contribution in [0.25, 0.3) is 0 Å². The van der Waals surface area contributed by atoms with E-state index in [-0.39, 0.29) is 5.82 Å². The van der Waals surface area contributed by atoms with Crippen molar-refractivity contribution in [2.24, 2.45) is 0 Å². The third-order valence-corrected chi connectivity index (χ3v) is 3.41. The summed E-state index contributed by atoms with van der Waals surface area (Å²) in [5.41, 5.74) is 2.61. The summed E-state index contributed by atoms with van der Waals surface area (Å²) in [4.78, 5) is 0. The van der Waals surface area contributed by atoms with Crippen molar-refractivity contribution in [1.82, 2.24) is 0 Å². The summed E-state index contributed by atoms with van der Waals surface area (Å²) in [6.45, 7) is 2.32. The van der Waals surface area contributed by atoms with E-state index in [1.807, 2.05) is 25.1 Å². The molecular formula is C15H15BrFNO. The predicted octanol–water partition coefficient (Wildman–Crippen LogP) is 4.04. The summed E-state index contributed by atoms with van der Waals surface area (Å²) in [7, 11) is 0. The molecule has 0 heterocycles. The van der Waals surface area contributed by atoms with Crippen LogP contribution in [0.4, 0.5) is 10.1 Å². The summed E-state index contributed by atoms with van der Waals surface area (Å²) in [6, 6.07) is 11.9. The van der Waals surface area contributed by atoms with Gasteiger partial charge in [0, 0.05) is 16.7 Å². The Morgan fingerprint density at radius 2 is 2.05 bits per heavy atom. The Balaban J connectivity index is 2.04. The Morgan fingerprint density at radius 1 is 1.26 bits per heavy atom. The van der Waals surface area contributed by atoms with Gasteiger partial charge < -0.3 is 10.4 Å². The van der Waals surface area contributed by atoms with Gasteiger partial charge in [-0.3, -0.25) is 0 Å². The average Bonchev–Trinajstić information content (AvgIpc) is 2.39. The van der Waals surface area contributed by atoms with Gasteiger partial charge in [0.1, 0.15) is 5.82 Å². The van der Waals surface area contributed by atoms with Crippen molar-refractivity contribution in [2.75, 3.05) is 11.9 Å².